The molecular weight excluding hydrogens is 420 g/mol. The van der Waals surface area contributed by atoms with E-state index in [1.807, 2.05) is 19.1 Å². The lowest BCUT2D eigenvalue weighted by atomic mass is 9.99. The van der Waals surface area contributed by atoms with Crippen LogP contribution < -0.4 is 4.72 Å². The van der Waals surface area contributed by atoms with Gasteiger partial charge in [0.1, 0.15) is 0 Å². The molecule has 6 nitrogen and oxygen atoms in total. The van der Waals surface area contributed by atoms with Crippen molar-refractivity contribution >= 4 is 20.0 Å². The number of nitrogens with zero attached hydrogens (tertiary/aromatic N) is 1. The number of nitrogens with one attached hydrogen (secondary N) is 1. The quantitative estimate of drug-likeness (QED) is 0.698. The van der Waals surface area contributed by atoms with Gasteiger partial charge in [0.15, 0.2) is 0 Å². The van der Waals surface area contributed by atoms with Gasteiger partial charge in [-0.05, 0) is 61.9 Å². The lowest BCUT2D eigenvalue weighted by molar-refractivity contribution is 0.308. The van der Waals surface area contributed by atoms with E-state index in [-0.39, 0.29) is 28.9 Å². The Morgan fingerprint density at radius 3 is 2.00 bits per heavy atom. The molecule has 0 amide bonds. The molecule has 1 atom stereocenters. The molecule has 8 heteroatoms. The molecule has 0 unspecified atom stereocenters. The number of hydrogen-bond acceptors (Lipinski definition) is 4. The third-order valence-electron chi connectivity index (χ3n) is 5.81. The van der Waals surface area contributed by atoms with Gasteiger partial charge in [-0.1, -0.05) is 43.7 Å². The van der Waals surface area contributed by atoms with Gasteiger partial charge in [0, 0.05) is 19.1 Å². The molecule has 3 rings (SSSR count). The summed E-state index contributed by atoms with van der Waals surface area (Å²) in [5, 5.41) is 0. The fourth-order valence-electron chi connectivity index (χ4n) is 3.57. The average molecular weight is 451 g/mol. The summed E-state index contributed by atoms with van der Waals surface area (Å²) in [7, 11) is -7.19. The predicted octanol–water partition coefficient (Wildman–Crippen LogP) is 3.64. The molecule has 164 valence electrons. The summed E-state index contributed by atoms with van der Waals surface area (Å²) in [5.41, 5.74) is 2.12. The normalized spacial score (nSPS) is 17.7. The van der Waals surface area contributed by atoms with Crippen LogP contribution in [0.4, 0.5) is 0 Å². The summed E-state index contributed by atoms with van der Waals surface area (Å²) in [6.45, 7) is 6.70. The molecule has 1 N–H and O–H groups in total. The van der Waals surface area contributed by atoms with Crippen LogP contribution in [0.1, 0.15) is 50.2 Å². The van der Waals surface area contributed by atoms with Gasteiger partial charge in [0.05, 0.1) is 9.79 Å². The van der Waals surface area contributed by atoms with E-state index in [1.54, 1.807) is 36.4 Å². The summed E-state index contributed by atoms with van der Waals surface area (Å²) in [5.74, 6) is 0.384. The third-order valence-corrected chi connectivity index (χ3v) is 9.26. The van der Waals surface area contributed by atoms with Crippen LogP contribution in [0.3, 0.4) is 0 Å². The second-order valence-corrected chi connectivity index (χ2v) is 11.6. The second kappa shape index (κ2) is 9.18. The first-order chi connectivity index (χ1) is 14.1. The smallest absolute Gasteiger partial charge is 0.208 e. The van der Waals surface area contributed by atoms with Crippen LogP contribution in [0.5, 0.6) is 0 Å². The lowest BCUT2D eigenvalue weighted by Crippen LogP contribution is -2.46. The van der Waals surface area contributed by atoms with Crippen LogP contribution in [0, 0.1) is 6.92 Å². The number of piperidine rings is 1. The van der Waals surface area contributed by atoms with Crippen LogP contribution in [0.2, 0.25) is 0 Å². The van der Waals surface area contributed by atoms with Gasteiger partial charge in [-0.25, -0.2) is 21.6 Å². The highest BCUT2D eigenvalue weighted by molar-refractivity contribution is 7.89. The van der Waals surface area contributed by atoms with Gasteiger partial charge in [-0.3, -0.25) is 0 Å². The van der Waals surface area contributed by atoms with Gasteiger partial charge >= 0.3 is 0 Å². The van der Waals surface area contributed by atoms with Crippen molar-refractivity contribution in [2.45, 2.75) is 61.8 Å². The molecular formula is C22H30N2O4S2. The fraction of sp³-hybridized carbons (Fsp3) is 0.455. The van der Waals surface area contributed by atoms with Crippen molar-refractivity contribution in [2.75, 3.05) is 13.1 Å². The standard InChI is InChI=1S/C22H30N2O4S2/c1-4-18(3)19-7-11-21(12-8-19)29(25,26)23-20-13-15-24(16-14-20)30(27,28)22-9-5-17(2)6-10-22/h5-12,18,20,23H,4,13-16H2,1-3H3/t18-/m0/s1. The Bertz CT molecular complexity index is 1060. The van der Waals surface area contributed by atoms with Crippen molar-refractivity contribution in [1.82, 2.24) is 9.03 Å². The van der Waals surface area contributed by atoms with Crippen molar-refractivity contribution in [3.05, 3.63) is 59.7 Å². The summed E-state index contributed by atoms with van der Waals surface area (Å²) in [6.07, 6.45) is 1.87. The maximum atomic E-state index is 12.8. The molecule has 0 bridgehead atoms. The highest BCUT2D eigenvalue weighted by Gasteiger charge is 2.31. The van der Waals surface area contributed by atoms with Crippen LogP contribution in [-0.2, 0) is 20.0 Å². The molecule has 1 heterocycles. The van der Waals surface area contributed by atoms with E-state index in [0.717, 1.165) is 17.5 Å². The number of hydrogen-bond donors (Lipinski definition) is 1. The van der Waals surface area contributed by atoms with E-state index in [4.69, 9.17) is 0 Å². The SMILES string of the molecule is CC[C@H](C)c1ccc(S(=O)(=O)NC2CCN(S(=O)(=O)c3ccc(C)cc3)CC2)cc1. The summed E-state index contributed by atoms with van der Waals surface area (Å²) in [4.78, 5) is 0.512. The molecule has 1 aliphatic heterocycles. The summed E-state index contributed by atoms with van der Waals surface area (Å²) >= 11 is 0. The molecule has 1 saturated heterocycles. The monoisotopic (exact) mass is 450 g/mol. The molecule has 1 aliphatic rings. The van der Waals surface area contributed by atoms with E-state index >= 15 is 0 Å². The van der Waals surface area contributed by atoms with Gasteiger partial charge in [0.25, 0.3) is 0 Å². The predicted molar refractivity (Wildman–Crippen MR) is 118 cm³/mol. The topological polar surface area (TPSA) is 83.6 Å². The number of aryl methyl sites for hydroxylation is 1. The molecule has 0 aliphatic carbocycles. The molecule has 0 radical (unpaired) electrons. The summed E-state index contributed by atoms with van der Waals surface area (Å²) < 4.78 is 55.3. The van der Waals surface area contributed by atoms with Gasteiger partial charge < -0.3 is 0 Å². The number of sulfonamides is 2. The highest BCUT2D eigenvalue weighted by Crippen LogP contribution is 2.23. The van der Waals surface area contributed by atoms with E-state index in [2.05, 4.69) is 18.6 Å². The highest BCUT2D eigenvalue weighted by atomic mass is 32.2. The summed E-state index contributed by atoms with van der Waals surface area (Å²) in [6, 6.07) is 13.5. The van der Waals surface area contributed by atoms with Gasteiger partial charge in [-0.15, -0.1) is 0 Å². The van der Waals surface area contributed by atoms with Crippen molar-refractivity contribution in [3.63, 3.8) is 0 Å². The van der Waals surface area contributed by atoms with E-state index in [9.17, 15) is 16.8 Å². The van der Waals surface area contributed by atoms with Crippen LogP contribution in [-0.4, -0.2) is 40.3 Å². The van der Waals surface area contributed by atoms with Crippen molar-refractivity contribution in [2.24, 2.45) is 0 Å². The average Bonchev–Trinajstić information content (AvgIpc) is 2.73. The number of benzene rings is 2. The zero-order chi connectivity index (χ0) is 21.9. The Kier molecular flexibility index (Phi) is 7.02. The zero-order valence-corrected chi connectivity index (χ0v) is 19.3. The Labute approximate surface area is 180 Å². The minimum atomic E-state index is -3.64. The molecule has 2 aromatic carbocycles. The van der Waals surface area contributed by atoms with Crippen molar-refractivity contribution < 1.29 is 16.8 Å². The maximum Gasteiger partial charge on any atom is 0.243 e. The molecule has 2 aromatic rings. The number of rotatable bonds is 7. The fourth-order valence-corrected chi connectivity index (χ4v) is 6.35. The first-order valence-corrected chi connectivity index (χ1v) is 13.2. The van der Waals surface area contributed by atoms with Gasteiger partial charge in [0.2, 0.25) is 20.0 Å². The Balaban J connectivity index is 1.63. The van der Waals surface area contributed by atoms with Crippen LogP contribution in [0.25, 0.3) is 0 Å². The second-order valence-electron chi connectivity index (χ2n) is 7.99. The largest absolute Gasteiger partial charge is 0.243 e. The lowest BCUT2D eigenvalue weighted by Gasteiger charge is -2.31. The van der Waals surface area contributed by atoms with Crippen LogP contribution >= 0.6 is 0 Å². The minimum Gasteiger partial charge on any atom is -0.208 e. The Hall–Kier alpha value is -1.74. The molecule has 0 aromatic heterocycles. The minimum absolute atomic E-state index is 0.240. The first kappa shape index (κ1) is 22.9. The van der Waals surface area contributed by atoms with E-state index in [1.165, 1.54) is 4.31 Å². The van der Waals surface area contributed by atoms with E-state index in [0.29, 0.717) is 18.8 Å². The molecule has 30 heavy (non-hydrogen) atoms. The Morgan fingerprint density at radius 2 is 1.47 bits per heavy atom. The maximum absolute atomic E-state index is 12.8. The molecule has 1 fully saturated rings. The van der Waals surface area contributed by atoms with Crippen LogP contribution in [0.15, 0.2) is 58.3 Å². The van der Waals surface area contributed by atoms with E-state index < -0.39 is 20.0 Å². The third kappa shape index (κ3) is 5.11. The van der Waals surface area contributed by atoms with Crippen molar-refractivity contribution in [3.8, 4) is 0 Å². The molecule has 0 saturated carbocycles. The first-order valence-electron chi connectivity index (χ1n) is 10.3. The van der Waals surface area contributed by atoms with Crippen molar-refractivity contribution in [1.29, 1.82) is 0 Å². The molecule has 0 spiro atoms. The zero-order valence-electron chi connectivity index (χ0n) is 17.7. The van der Waals surface area contributed by atoms with Gasteiger partial charge in [-0.2, -0.15) is 4.31 Å². The Morgan fingerprint density at radius 1 is 0.933 bits per heavy atom.